The van der Waals surface area contributed by atoms with Crippen molar-refractivity contribution in [3.05, 3.63) is 0 Å². The molecule has 0 rings (SSSR count). The summed E-state index contributed by atoms with van der Waals surface area (Å²) in [5.41, 5.74) is 0. The van der Waals surface area contributed by atoms with Crippen LogP contribution in [0.1, 0.15) is 26.2 Å². The summed E-state index contributed by atoms with van der Waals surface area (Å²) in [6, 6.07) is 0. The summed E-state index contributed by atoms with van der Waals surface area (Å²) in [7, 11) is 0. The third-order valence-corrected chi connectivity index (χ3v) is 0.956. The average molecular weight is 132 g/mol. The topological polar surface area (TPSA) is 54.2 Å². The Bertz CT molecular complexity index is 75.4. The summed E-state index contributed by atoms with van der Waals surface area (Å²) < 4.78 is 0. The summed E-state index contributed by atoms with van der Waals surface area (Å²) in [6.07, 6.45) is 3.31. The Morgan fingerprint density at radius 2 is 2.22 bits per heavy atom. The summed E-state index contributed by atoms with van der Waals surface area (Å²) in [6.45, 7) is 2.74. The lowest BCUT2D eigenvalue weighted by molar-refractivity contribution is -0.251. The zero-order valence-electron chi connectivity index (χ0n) is 5.58. The van der Waals surface area contributed by atoms with E-state index in [2.05, 4.69) is 22.3 Å². The molecule has 1 N–H and O–H groups in total. The molecule has 4 nitrogen and oxygen atoms in total. The number of nitrogens with zero attached hydrogens (tertiary/aromatic N) is 2. The predicted octanol–water partition coefficient (Wildman–Crippen LogP) is 2.03. The van der Waals surface area contributed by atoms with Crippen molar-refractivity contribution in [3.63, 3.8) is 0 Å². The molecule has 0 aromatic rings. The highest BCUT2D eigenvalue weighted by atomic mass is 17.2. The van der Waals surface area contributed by atoms with Crippen LogP contribution in [0.4, 0.5) is 0 Å². The van der Waals surface area contributed by atoms with Crippen LogP contribution in [-0.4, -0.2) is 11.8 Å². The second-order valence-corrected chi connectivity index (χ2v) is 1.74. The molecule has 0 aromatic heterocycles. The van der Waals surface area contributed by atoms with Crippen LogP contribution in [0.25, 0.3) is 0 Å². The van der Waals surface area contributed by atoms with Crippen LogP contribution in [0.15, 0.2) is 10.4 Å². The highest BCUT2D eigenvalue weighted by Crippen LogP contribution is 1.93. The van der Waals surface area contributed by atoms with E-state index in [0.29, 0.717) is 6.54 Å². The third-order valence-electron chi connectivity index (χ3n) is 0.956. The molecule has 0 aliphatic rings. The van der Waals surface area contributed by atoms with E-state index in [9.17, 15) is 0 Å². The van der Waals surface area contributed by atoms with Crippen LogP contribution in [0.5, 0.6) is 0 Å². The van der Waals surface area contributed by atoms with Gasteiger partial charge in [-0.3, -0.25) is 0 Å². The van der Waals surface area contributed by atoms with E-state index in [1.165, 1.54) is 0 Å². The van der Waals surface area contributed by atoms with Gasteiger partial charge in [0, 0.05) is 0 Å². The van der Waals surface area contributed by atoms with Crippen molar-refractivity contribution in [2.24, 2.45) is 10.4 Å². The molecule has 0 saturated heterocycles. The van der Waals surface area contributed by atoms with Gasteiger partial charge >= 0.3 is 0 Å². The van der Waals surface area contributed by atoms with Crippen LogP contribution < -0.4 is 0 Å². The molecule has 0 aromatic carbocycles. The van der Waals surface area contributed by atoms with Crippen LogP contribution in [0, 0.1) is 0 Å². The Balaban J connectivity index is 2.82. The van der Waals surface area contributed by atoms with Gasteiger partial charge in [-0.2, -0.15) is 10.4 Å². The van der Waals surface area contributed by atoms with Gasteiger partial charge in [0.15, 0.2) is 0 Å². The summed E-state index contributed by atoms with van der Waals surface area (Å²) in [5.74, 6) is 0. The molecule has 0 atom stereocenters. The number of unbranched alkanes of at least 4 members (excludes halogenated alkanes) is 2. The van der Waals surface area contributed by atoms with E-state index in [1.807, 2.05) is 0 Å². The summed E-state index contributed by atoms with van der Waals surface area (Å²) >= 11 is 0. The Morgan fingerprint density at radius 1 is 1.44 bits per heavy atom. The molecular weight excluding hydrogens is 120 g/mol. The van der Waals surface area contributed by atoms with Gasteiger partial charge in [-0.05, 0) is 6.42 Å². The molecule has 4 heteroatoms. The van der Waals surface area contributed by atoms with Gasteiger partial charge in [-0.1, -0.05) is 19.8 Å². The quantitative estimate of drug-likeness (QED) is 0.269. The average Bonchev–Trinajstić information content (AvgIpc) is 1.89. The molecule has 0 aliphatic carbocycles. The molecule has 9 heavy (non-hydrogen) atoms. The third kappa shape index (κ3) is 7.36. The van der Waals surface area contributed by atoms with E-state index in [1.54, 1.807) is 0 Å². The highest BCUT2D eigenvalue weighted by molar-refractivity contribution is 4.38. The smallest absolute Gasteiger partial charge is 0.0636 e. The first-order chi connectivity index (χ1) is 4.41. The van der Waals surface area contributed by atoms with Crippen molar-refractivity contribution in [1.29, 1.82) is 0 Å². The van der Waals surface area contributed by atoms with Crippen LogP contribution in [0.3, 0.4) is 0 Å². The van der Waals surface area contributed by atoms with Gasteiger partial charge in [-0.25, -0.2) is 4.99 Å². The maximum absolute atomic E-state index is 7.66. The van der Waals surface area contributed by atoms with E-state index in [0.717, 1.165) is 19.3 Å². The molecule has 0 unspecified atom stereocenters. The van der Waals surface area contributed by atoms with Gasteiger partial charge in [0.25, 0.3) is 0 Å². The largest absolute Gasteiger partial charge is 0.203 e. The Labute approximate surface area is 54.4 Å². The monoisotopic (exact) mass is 132 g/mol. The van der Waals surface area contributed by atoms with Crippen molar-refractivity contribution < 1.29 is 10.2 Å². The second-order valence-electron chi connectivity index (χ2n) is 1.74. The molecule has 0 amide bonds. The highest BCUT2D eigenvalue weighted by Gasteiger charge is 1.81. The van der Waals surface area contributed by atoms with E-state index >= 15 is 0 Å². The van der Waals surface area contributed by atoms with Gasteiger partial charge < -0.3 is 0 Å². The van der Waals surface area contributed by atoms with E-state index in [-0.39, 0.29) is 0 Å². The molecule has 0 heterocycles. The molecule has 54 valence electrons. The van der Waals surface area contributed by atoms with Gasteiger partial charge in [0.05, 0.1) is 11.8 Å². The number of rotatable bonds is 5. The normalized spacial score (nSPS) is 10.4. The van der Waals surface area contributed by atoms with Crippen LogP contribution >= 0.6 is 0 Å². The molecular formula is C5H12N2O2. The Hall–Kier alpha value is -0.640. The number of hydrogen-bond acceptors (Lipinski definition) is 4. The molecule has 0 fully saturated rings. The SMILES string of the molecule is CCCCCN=NOO. The molecule has 0 saturated carbocycles. The lowest BCUT2D eigenvalue weighted by atomic mass is 10.3. The number of hydrogen-bond donors (Lipinski definition) is 1. The van der Waals surface area contributed by atoms with Gasteiger partial charge in [0.1, 0.15) is 0 Å². The minimum atomic E-state index is 0.633. The van der Waals surface area contributed by atoms with Crippen LogP contribution in [0.2, 0.25) is 0 Å². The van der Waals surface area contributed by atoms with E-state index in [4.69, 9.17) is 5.26 Å². The van der Waals surface area contributed by atoms with Crippen molar-refractivity contribution in [3.8, 4) is 0 Å². The predicted molar refractivity (Wildman–Crippen MR) is 33.0 cm³/mol. The first kappa shape index (κ1) is 8.36. The van der Waals surface area contributed by atoms with Gasteiger partial charge in [0.2, 0.25) is 0 Å². The van der Waals surface area contributed by atoms with Crippen molar-refractivity contribution in [2.75, 3.05) is 6.54 Å². The molecule has 0 aliphatic heterocycles. The van der Waals surface area contributed by atoms with Crippen molar-refractivity contribution in [1.82, 2.24) is 0 Å². The first-order valence-corrected chi connectivity index (χ1v) is 3.09. The molecule has 0 radical (unpaired) electrons. The van der Waals surface area contributed by atoms with Gasteiger partial charge in [-0.15, -0.1) is 0 Å². The summed E-state index contributed by atoms with van der Waals surface area (Å²) in [4.78, 5) is 3.38. The minimum absolute atomic E-state index is 0.633. The fourth-order valence-electron chi connectivity index (χ4n) is 0.499. The fourth-order valence-corrected chi connectivity index (χ4v) is 0.499. The standard InChI is InChI=1S/C5H12N2O2/c1-2-3-4-5-6-7-9-8/h8H,2-5H2,1H3. The zero-order chi connectivity index (χ0) is 6.95. The zero-order valence-corrected chi connectivity index (χ0v) is 5.58. The minimum Gasteiger partial charge on any atom is -0.203 e. The van der Waals surface area contributed by atoms with Crippen molar-refractivity contribution in [2.45, 2.75) is 26.2 Å². The summed E-state index contributed by atoms with van der Waals surface area (Å²) in [5, 5.41) is 14.1. The lowest BCUT2D eigenvalue weighted by Gasteiger charge is -1.88. The lowest BCUT2D eigenvalue weighted by Crippen LogP contribution is -1.78. The molecule has 0 spiro atoms. The van der Waals surface area contributed by atoms with Crippen LogP contribution in [-0.2, 0) is 4.99 Å². The Morgan fingerprint density at radius 3 is 2.78 bits per heavy atom. The Kier molecular flexibility index (Phi) is 6.84. The second kappa shape index (κ2) is 7.36. The molecule has 0 bridgehead atoms. The van der Waals surface area contributed by atoms with E-state index < -0.39 is 0 Å². The maximum Gasteiger partial charge on any atom is 0.0636 e. The van der Waals surface area contributed by atoms with Crippen molar-refractivity contribution >= 4 is 0 Å². The first-order valence-electron chi connectivity index (χ1n) is 3.09. The maximum atomic E-state index is 7.66. The fraction of sp³-hybridized carbons (Fsp3) is 1.00.